The van der Waals surface area contributed by atoms with Gasteiger partial charge < -0.3 is 14.6 Å². The topological polar surface area (TPSA) is 72.8 Å². The molecule has 0 rings (SSSR count). The molecule has 22 heavy (non-hydrogen) atoms. The van der Waals surface area contributed by atoms with E-state index in [1.165, 1.54) is 19.3 Å². The molecule has 0 aliphatic carbocycles. The van der Waals surface area contributed by atoms with E-state index in [0.717, 1.165) is 25.7 Å². The van der Waals surface area contributed by atoms with E-state index in [0.29, 0.717) is 19.6 Å². The van der Waals surface area contributed by atoms with Gasteiger partial charge in [-0.25, -0.2) is 0 Å². The maximum absolute atomic E-state index is 11.6. The maximum Gasteiger partial charge on any atom is 0.307 e. The van der Waals surface area contributed by atoms with Crippen LogP contribution in [0.5, 0.6) is 0 Å². The van der Waals surface area contributed by atoms with Crippen LogP contribution in [-0.2, 0) is 19.1 Å². The quantitative estimate of drug-likeness (QED) is 0.367. The lowest BCUT2D eigenvalue weighted by Crippen LogP contribution is -2.20. The maximum atomic E-state index is 11.6. The average Bonchev–Trinajstić information content (AvgIpc) is 2.49. The third-order valence-corrected chi connectivity index (χ3v) is 3.51. The second-order valence-electron chi connectivity index (χ2n) is 5.63. The number of carboxylic acid groups (broad SMARTS) is 1. The molecule has 0 aromatic heterocycles. The first-order valence-electron chi connectivity index (χ1n) is 8.57. The first-order valence-corrected chi connectivity index (χ1v) is 8.57. The number of unbranched alkanes of at least 4 members (excludes halogenated alkanes) is 5. The van der Waals surface area contributed by atoms with E-state index in [2.05, 4.69) is 6.92 Å². The molecule has 0 spiro atoms. The highest BCUT2D eigenvalue weighted by Gasteiger charge is 2.21. The molecule has 0 aromatic carbocycles. The molecule has 0 bridgehead atoms. The molecule has 0 fully saturated rings. The zero-order valence-electron chi connectivity index (χ0n) is 14.1. The Labute approximate surface area is 134 Å². The summed E-state index contributed by atoms with van der Waals surface area (Å²) >= 11 is 0. The van der Waals surface area contributed by atoms with Gasteiger partial charge in [-0.1, -0.05) is 52.4 Å². The van der Waals surface area contributed by atoms with Crippen molar-refractivity contribution in [1.82, 2.24) is 0 Å². The molecule has 1 N–H and O–H groups in total. The van der Waals surface area contributed by atoms with Gasteiger partial charge in [-0.05, 0) is 12.8 Å². The van der Waals surface area contributed by atoms with Gasteiger partial charge in [-0.15, -0.1) is 0 Å². The van der Waals surface area contributed by atoms with Crippen LogP contribution in [0.2, 0.25) is 0 Å². The van der Waals surface area contributed by atoms with Crippen LogP contribution in [0.1, 0.15) is 71.6 Å². The van der Waals surface area contributed by atoms with Gasteiger partial charge >= 0.3 is 11.9 Å². The van der Waals surface area contributed by atoms with E-state index in [1.807, 2.05) is 6.92 Å². The third kappa shape index (κ3) is 12.6. The number of esters is 1. The second-order valence-corrected chi connectivity index (χ2v) is 5.63. The summed E-state index contributed by atoms with van der Waals surface area (Å²) in [4.78, 5) is 22.8. The van der Waals surface area contributed by atoms with Gasteiger partial charge in [0.15, 0.2) is 0 Å². The van der Waals surface area contributed by atoms with Crippen LogP contribution >= 0.6 is 0 Å². The van der Waals surface area contributed by atoms with E-state index in [9.17, 15) is 14.7 Å². The minimum atomic E-state index is -0.909. The Kier molecular flexibility index (Phi) is 14.1. The normalized spacial score (nSPS) is 12.1. The van der Waals surface area contributed by atoms with Crippen molar-refractivity contribution in [1.29, 1.82) is 0 Å². The molecule has 130 valence electrons. The molecule has 0 radical (unpaired) electrons. The summed E-state index contributed by atoms with van der Waals surface area (Å²) in [5.41, 5.74) is 0. The zero-order valence-corrected chi connectivity index (χ0v) is 14.1. The lowest BCUT2D eigenvalue weighted by Gasteiger charge is -2.12. The highest BCUT2D eigenvalue weighted by atomic mass is 16.6. The van der Waals surface area contributed by atoms with Crippen molar-refractivity contribution >= 4 is 11.9 Å². The minimum absolute atomic E-state index is 0.0436. The van der Waals surface area contributed by atoms with Crippen LogP contribution in [-0.4, -0.2) is 36.9 Å². The predicted octanol–water partition coefficient (Wildman–Crippen LogP) is 3.80. The highest BCUT2D eigenvalue weighted by molar-refractivity contribution is 5.78. The van der Waals surface area contributed by atoms with E-state index < -0.39 is 17.9 Å². The van der Waals surface area contributed by atoms with Crippen LogP contribution in [0.25, 0.3) is 0 Å². The Morgan fingerprint density at radius 1 is 0.909 bits per heavy atom. The van der Waals surface area contributed by atoms with Crippen molar-refractivity contribution in [2.75, 3.05) is 19.8 Å². The summed E-state index contributed by atoms with van der Waals surface area (Å²) in [7, 11) is 0. The highest BCUT2D eigenvalue weighted by Crippen LogP contribution is 2.16. The van der Waals surface area contributed by atoms with Gasteiger partial charge in [0.2, 0.25) is 0 Å². The average molecular weight is 316 g/mol. The van der Waals surface area contributed by atoms with Crippen molar-refractivity contribution < 1.29 is 24.2 Å². The molecule has 5 nitrogen and oxygen atoms in total. The van der Waals surface area contributed by atoms with Crippen molar-refractivity contribution in [3.05, 3.63) is 0 Å². The number of hydrogen-bond acceptors (Lipinski definition) is 4. The Hall–Kier alpha value is -1.10. The fraction of sp³-hybridized carbons (Fsp3) is 0.882. The fourth-order valence-electron chi connectivity index (χ4n) is 2.20. The zero-order chi connectivity index (χ0) is 16.6. The first kappa shape index (κ1) is 20.9. The van der Waals surface area contributed by atoms with Crippen molar-refractivity contribution in [3.8, 4) is 0 Å². The van der Waals surface area contributed by atoms with E-state index in [4.69, 9.17) is 9.47 Å². The molecular formula is C17H32O5. The van der Waals surface area contributed by atoms with Crippen LogP contribution < -0.4 is 0 Å². The lowest BCUT2D eigenvalue weighted by molar-refractivity contribution is -0.152. The van der Waals surface area contributed by atoms with Crippen LogP contribution in [0, 0.1) is 5.92 Å². The van der Waals surface area contributed by atoms with E-state index in [1.54, 1.807) is 0 Å². The first-order chi connectivity index (χ1) is 10.6. The lowest BCUT2D eigenvalue weighted by atomic mass is 9.97. The third-order valence-electron chi connectivity index (χ3n) is 3.51. The smallest absolute Gasteiger partial charge is 0.307 e. The van der Waals surface area contributed by atoms with Crippen molar-refractivity contribution in [3.63, 3.8) is 0 Å². The molecule has 5 heteroatoms. The number of carbonyl (C=O) groups excluding carboxylic acids is 1. The number of ether oxygens (including phenoxy) is 2. The molecule has 0 saturated carbocycles. The van der Waals surface area contributed by atoms with Crippen molar-refractivity contribution in [2.45, 2.75) is 71.6 Å². The van der Waals surface area contributed by atoms with Gasteiger partial charge in [0.25, 0.3) is 0 Å². The predicted molar refractivity (Wildman–Crippen MR) is 85.8 cm³/mol. The minimum Gasteiger partial charge on any atom is -0.481 e. The van der Waals surface area contributed by atoms with Gasteiger partial charge in [0.05, 0.1) is 18.9 Å². The molecule has 0 aliphatic rings. The summed E-state index contributed by atoms with van der Waals surface area (Å²) in [6.45, 7) is 5.38. The van der Waals surface area contributed by atoms with Gasteiger partial charge in [-0.3, -0.25) is 9.59 Å². The summed E-state index contributed by atoms with van der Waals surface area (Å²) < 4.78 is 10.2. The molecule has 0 amide bonds. The molecule has 1 atom stereocenters. The summed E-state index contributed by atoms with van der Waals surface area (Å²) in [5, 5.41) is 9.17. The molecule has 1 unspecified atom stereocenters. The van der Waals surface area contributed by atoms with E-state index in [-0.39, 0.29) is 13.0 Å². The molecule has 0 aliphatic heterocycles. The summed E-state index contributed by atoms with van der Waals surface area (Å²) in [6, 6.07) is 0. The number of hydrogen-bond donors (Lipinski definition) is 1. The Morgan fingerprint density at radius 2 is 1.59 bits per heavy atom. The van der Waals surface area contributed by atoms with Gasteiger partial charge in [-0.2, -0.15) is 0 Å². The largest absolute Gasteiger partial charge is 0.481 e. The standard InChI is InChI=1S/C17H32O5/c1-3-5-6-7-8-9-10-15(17(19)20)14-16(18)22-13-12-21-11-4-2/h15H,3-14H2,1-2H3,(H,19,20). The summed E-state index contributed by atoms with van der Waals surface area (Å²) in [5.74, 6) is -1.98. The second kappa shape index (κ2) is 14.8. The van der Waals surface area contributed by atoms with Gasteiger partial charge in [0.1, 0.15) is 6.61 Å². The van der Waals surface area contributed by atoms with Crippen LogP contribution in [0.15, 0.2) is 0 Å². The monoisotopic (exact) mass is 316 g/mol. The summed E-state index contributed by atoms with van der Waals surface area (Å²) in [6.07, 6.45) is 8.08. The van der Waals surface area contributed by atoms with Gasteiger partial charge in [0, 0.05) is 6.61 Å². The Balaban J connectivity index is 3.78. The van der Waals surface area contributed by atoms with E-state index >= 15 is 0 Å². The number of carboxylic acids is 1. The number of carbonyl (C=O) groups is 2. The van der Waals surface area contributed by atoms with Crippen LogP contribution in [0.4, 0.5) is 0 Å². The molecular weight excluding hydrogens is 284 g/mol. The van der Waals surface area contributed by atoms with Crippen molar-refractivity contribution in [2.24, 2.45) is 5.92 Å². The Bertz CT molecular complexity index is 291. The molecule has 0 heterocycles. The SMILES string of the molecule is CCCCCCCCC(CC(=O)OCCOCCC)C(=O)O. The number of rotatable bonds is 15. The number of aliphatic carboxylic acids is 1. The fourth-order valence-corrected chi connectivity index (χ4v) is 2.20. The Morgan fingerprint density at radius 3 is 2.23 bits per heavy atom. The molecule has 0 aromatic rings. The molecule has 0 saturated heterocycles. The van der Waals surface area contributed by atoms with Crippen LogP contribution in [0.3, 0.4) is 0 Å².